The molecule has 0 heterocycles. The maximum atomic E-state index is 12.4. The summed E-state index contributed by atoms with van der Waals surface area (Å²) in [5, 5.41) is 2.78. The third-order valence-electron chi connectivity index (χ3n) is 3.84. The van der Waals surface area contributed by atoms with E-state index < -0.39 is 0 Å². The first kappa shape index (κ1) is 19.2. The first-order valence-corrected chi connectivity index (χ1v) is 8.49. The highest BCUT2D eigenvalue weighted by Gasteiger charge is 2.13. The van der Waals surface area contributed by atoms with Crippen LogP contribution in [0, 0.1) is 6.92 Å². The number of amides is 2. The first-order valence-electron chi connectivity index (χ1n) is 8.49. The highest BCUT2D eigenvalue weighted by atomic mass is 16.5. The summed E-state index contributed by atoms with van der Waals surface area (Å²) in [6.07, 6.45) is 3.26. The van der Waals surface area contributed by atoms with Crippen LogP contribution >= 0.6 is 0 Å². The van der Waals surface area contributed by atoms with Crippen LogP contribution in [0.2, 0.25) is 0 Å². The van der Waals surface area contributed by atoms with Crippen LogP contribution in [0.1, 0.15) is 18.1 Å². The average molecular weight is 352 g/mol. The Kier molecular flexibility index (Phi) is 6.97. The molecule has 1 N–H and O–H groups in total. The third kappa shape index (κ3) is 5.77. The second-order valence-corrected chi connectivity index (χ2v) is 5.88. The van der Waals surface area contributed by atoms with E-state index in [-0.39, 0.29) is 18.4 Å². The van der Waals surface area contributed by atoms with Crippen molar-refractivity contribution in [3.8, 4) is 5.75 Å². The van der Waals surface area contributed by atoms with E-state index in [1.165, 1.54) is 11.0 Å². The lowest BCUT2D eigenvalue weighted by Gasteiger charge is -2.18. The number of nitrogens with zero attached hydrogens (tertiary/aromatic N) is 1. The molecular weight excluding hydrogens is 328 g/mol. The Morgan fingerprint density at radius 2 is 1.92 bits per heavy atom. The minimum atomic E-state index is -0.252. The number of carbonyl (C=O) groups is 2. The van der Waals surface area contributed by atoms with E-state index in [9.17, 15) is 9.59 Å². The molecular formula is C21H24N2O3. The summed E-state index contributed by atoms with van der Waals surface area (Å²) in [5.41, 5.74) is 2.72. The van der Waals surface area contributed by atoms with Gasteiger partial charge in [-0.2, -0.15) is 0 Å². The van der Waals surface area contributed by atoms with Gasteiger partial charge in [-0.05, 0) is 37.6 Å². The van der Waals surface area contributed by atoms with Crippen LogP contribution in [0.5, 0.6) is 5.75 Å². The molecule has 0 saturated heterocycles. The summed E-state index contributed by atoms with van der Waals surface area (Å²) in [6, 6.07) is 15.0. The van der Waals surface area contributed by atoms with Crippen LogP contribution in [-0.2, 0) is 9.59 Å². The molecule has 136 valence electrons. The van der Waals surface area contributed by atoms with Crippen LogP contribution < -0.4 is 10.1 Å². The summed E-state index contributed by atoms with van der Waals surface area (Å²) >= 11 is 0. The molecule has 5 heteroatoms. The highest BCUT2D eigenvalue weighted by molar-refractivity contribution is 5.98. The molecule has 0 aromatic heterocycles. The Morgan fingerprint density at radius 1 is 1.15 bits per heavy atom. The van der Waals surface area contributed by atoms with Crippen molar-refractivity contribution in [1.82, 2.24) is 4.90 Å². The van der Waals surface area contributed by atoms with Crippen LogP contribution in [0.3, 0.4) is 0 Å². The molecule has 0 aliphatic rings. The van der Waals surface area contributed by atoms with E-state index in [1.54, 1.807) is 37.5 Å². The van der Waals surface area contributed by atoms with Gasteiger partial charge in [0.05, 0.1) is 7.11 Å². The van der Waals surface area contributed by atoms with Gasteiger partial charge >= 0.3 is 0 Å². The minimum Gasteiger partial charge on any atom is -0.497 e. The minimum absolute atomic E-state index is 0.00923. The van der Waals surface area contributed by atoms with Gasteiger partial charge in [-0.15, -0.1) is 0 Å². The monoisotopic (exact) mass is 352 g/mol. The summed E-state index contributed by atoms with van der Waals surface area (Å²) < 4.78 is 5.13. The van der Waals surface area contributed by atoms with Crippen molar-refractivity contribution in [1.29, 1.82) is 0 Å². The van der Waals surface area contributed by atoms with E-state index in [4.69, 9.17) is 4.74 Å². The predicted molar refractivity (Wildman–Crippen MR) is 104 cm³/mol. The lowest BCUT2D eigenvalue weighted by Crippen LogP contribution is -2.36. The number of ether oxygens (including phenoxy) is 1. The molecule has 0 aliphatic heterocycles. The largest absolute Gasteiger partial charge is 0.497 e. The zero-order chi connectivity index (χ0) is 18.9. The van der Waals surface area contributed by atoms with Crippen molar-refractivity contribution in [3.63, 3.8) is 0 Å². The van der Waals surface area contributed by atoms with Gasteiger partial charge in [-0.3, -0.25) is 9.59 Å². The fourth-order valence-electron chi connectivity index (χ4n) is 2.47. The molecule has 2 amide bonds. The second-order valence-electron chi connectivity index (χ2n) is 5.88. The van der Waals surface area contributed by atoms with Crippen molar-refractivity contribution >= 4 is 23.6 Å². The van der Waals surface area contributed by atoms with Crippen molar-refractivity contribution in [2.24, 2.45) is 0 Å². The molecule has 0 unspecified atom stereocenters. The molecule has 5 nitrogen and oxygen atoms in total. The second kappa shape index (κ2) is 9.42. The molecule has 0 atom stereocenters. The normalized spacial score (nSPS) is 10.6. The summed E-state index contributed by atoms with van der Waals surface area (Å²) in [5.74, 6) is 0.208. The number of hydrogen-bond acceptors (Lipinski definition) is 3. The number of aryl methyl sites for hydroxylation is 1. The number of benzene rings is 2. The van der Waals surface area contributed by atoms with Crippen LogP contribution in [0.4, 0.5) is 5.69 Å². The van der Waals surface area contributed by atoms with Crippen molar-refractivity contribution in [3.05, 3.63) is 65.7 Å². The first-order chi connectivity index (χ1) is 12.5. The van der Waals surface area contributed by atoms with E-state index in [0.29, 0.717) is 18.0 Å². The average Bonchev–Trinajstić information content (AvgIpc) is 2.64. The topological polar surface area (TPSA) is 58.6 Å². The standard InChI is InChI=1S/C21H24N2O3/c1-4-23(21(25)12-11-17-8-5-7-16(2)13-17)15-20(24)22-18-9-6-10-19(14-18)26-3/h5-14H,4,15H2,1-3H3,(H,22,24)/b12-11+. The molecule has 26 heavy (non-hydrogen) atoms. The van der Waals surface area contributed by atoms with Gasteiger partial charge in [0.2, 0.25) is 11.8 Å². The fourth-order valence-corrected chi connectivity index (χ4v) is 2.47. The molecule has 0 saturated carbocycles. The Hall–Kier alpha value is -3.08. The molecule has 0 bridgehead atoms. The number of rotatable bonds is 7. The van der Waals surface area contributed by atoms with E-state index >= 15 is 0 Å². The van der Waals surface area contributed by atoms with Gasteiger partial charge in [-0.1, -0.05) is 35.9 Å². The SMILES string of the molecule is CCN(CC(=O)Nc1cccc(OC)c1)C(=O)/C=C/c1cccc(C)c1. The van der Waals surface area contributed by atoms with Gasteiger partial charge in [0, 0.05) is 24.4 Å². The highest BCUT2D eigenvalue weighted by Crippen LogP contribution is 2.16. The Balaban J connectivity index is 1.96. The van der Waals surface area contributed by atoms with E-state index in [1.807, 2.05) is 38.1 Å². The van der Waals surface area contributed by atoms with Crippen molar-refractivity contribution < 1.29 is 14.3 Å². The molecule has 0 aliphatic carbocycles. The van der Waals surface area contributed by atoms with E-state index in [0.717, 1.165) is 11.1 Å². The maximum absolute atomic E-state index is 12.4. The summed E-state index contributed by atoms with van der Waals surface area (Å²) in [4.78, 5) is 26.1. The van der Waals surface area contributed by atoms with Gasteiger partial charge in [0.1, 0.15) is 12.3 Å². The summed E-state index contributed by atoms with van der Waals surface area (Å²) in [7, 11) is 1.57. The number of methoxy groups -OCH3 is 1. The Labute approximate surface area is 154 Å². The number of hydrogen-bond donors (Lipinski definition) is 1. The number of nitrogens with one attached hydrogen (secondary N) is 1. The van der Waals surface area contributed by atoms with Gasteiger partial charge in [-0.25, -0.2) is 0 Å². The smallest absolute Gasteiger partial charge is 0.247 e. The van der Waals surface area contributed by atoms with Crippen LogP contribution in [-0.4, -0.2) is 36.9 Å². The molecule has 2 aromatic rings. The number of carbonyl (C=O) groups excluding carboxylic acids is 2. The number of likely N-dealkylation sites (N-methyl/N-ethyl adjacent to an activating group) is 1. The maximum Gasteiger partial charge on any atom is 0.247 e. The van der Waals surface area contributed by atoms with E-state index in [2.05, 4.69) is 5.32 Å². The fraction of sp³-hybridized carbons (Fsp3) is 0.238. The van der Waals surface area contributed by atoms with Gasteiger partial charge < -0.3 is 15.0 Å². The van der Waals surface area contributed by atoms with Gasteiger partial charge in [0.25, 0.3) is 0 Å². The zero-order valence-electron chi connectivity index (χ0n) is 15.4. The quantitative estimate of drug-likeness (QED) is 0.776. The molecule has 2 aromatic carbocycles. The number of anilines is 1. The van der Waals surface area contributed by atoms with Crippen LogP contribution in [0.25, 0.3) is 6.08 Å². The Bertz CT molecular complexity index is 799. The summed E-state index contributed by atoms with van der Waals surface area (Å²) in [6.45, 7) is 4.28. The predicted octanol–water partition coefficient (Wildman–Crippen LogP) is 3.50. The zero-order valence-corrected chi connectivity index (χ0v) is 15.4. The lowest BCUT2D eigenvalue weighted by atomic mass is 10.1. The molecule has 0 radical (unpaired) electrons. The lowest BCUT2D eigenvalue weighted by molar-refractivity contribution is -0.130. The third-order valence-corrected chi connectivity index (χ3v) is 3.84. The molecule has 0 spiro atoms. The van der Waals surface area contributed by atoms with Gasteiger partial charge in [0.15, 0.2) is 0 Å². The molecule has 0 fully saturated rings. The van der Waals surface area contributed by atoms with Crippen molar-refractivity contribution in [2.45, 2.75) is 13.8 Å². The Morgan fingerprint density at radius 3 is 2.62 bits per heavy atom. The molecule has 2 rings (SSSR count). The van der Waals surface area contributed by atoms with Crippen LogP contribution in [0.15, 0.2) is 54.6 Å². The van der Waals surface area contributed by atoms with Crippen molar-refractivity contribution in [2.75, 3.05) is 25.5 Å².